The zero-order chi connectivity index (χ0) is 22.9. The smallest absolute Gasteiger partial charge is 0.410 e. The van der Waals surface area contributed by atoms with Gasteiger partial charge >= 0.3 is 6.09 Å². The van der Waals surface area contributed by atoms with Crippen molar-refractivity contribution in [1.29, 1.82) is 5.26 Å². The number of carbonyl (C=O) groups is 1. The van der Waals surface area contributed by atoms with Crippen LogP contribution >= 0.6 is 0 Å². The van der Waals surface area contributed by atoms with Gasteiger partial charge in [-0.2, -0.15) is 5.26 Å². The molecular formula is C25H34N4O3. The van der Waals surface area contributed by atoms with Gasteiger partial charge in [0.2, 0.25) is 0 Å². The van der Waals surface area contributed by atoms with E-state index in [-0.39, 0.29) is 17.6 Å². The number of amides is 1. The molecule has 172 valence electrons. The van der Waals surface area contributed by atoms with Crippen LogP contribution < -0.4 is 0 Å². The number of hydrogen-bond acceptors (Lipinski definition) is 5. The Morgan fingerprint density at radius 1 is 1.41 bits per heavy atom. The first-order valence-electron chi connectivity index (χ1n) is 11.6. The van der Waals surface area contributed by atoms with Crippen LogP contribution in [0.25, 0.3) is 11.0 Å². The molecule has 0 unspecified atom stereocenters. The molecule has 0 N–H and O–H groups in total. The lowest BCUT2D eigenvalue weighted by Gasteiger charge is -2.36. The molecule has 32 heavy (non-hydrogen) atoms. The summed E-state index contributed by atoms with van der Waals surface area (Å²) in [6.45, 7) is 11.0. The van der Waals surface area contributed by atoms with Crippen molar-refractivity contribution in [3.05, 3.63) is 30.1 Å². The molecule has 2 atom stereocenters. The third-order valence-electron chi connectivity index (χ3n) is 6.58. The molecule has 1 saturated heterocycles. The fourth-order valence-electron chi connectivity index (χ4n) is 5.15. The zero-order valence-electron chi connectivity index (χ0n) is 19.6. The number of imidazole rings is 1. The van der Waals surface area contributed by atoms with Crippen LogP contribution in [-0.4, -0.2) is 51.9 Å². The van der Waals surface area contributed by atoms with Gasteiger partial charge in [-0.15, -0.1) is 0 Å². The molecule has 2 fully saturated rings. The second kappa shape index (κ2) is 8.74. The van der Waals surface area contributed by atoms with Crippen molar-refractivity contribution in [3.63, 3.8) is 0 Å². The largest absolute Gasteiger partial charge is 0.441 e. The Labute approximate surface area is 190 Å². The van der Waals surface area contributed by atoms with Crippen molar-refractivity contribution in [2.45, 2.75) is 71.6 Å². The Bertz CT molecular complexity index is 1020. The summed E-state index contributed by atoms with van der Waals surface area (Å²) in [5.41, 5.74) is 2.00. The number of ether oxygens (including phenoxy) is 2. The Balaban J connectivity index is 1.43. The van der Waals surface area contributed by atoms with E-state index < -0.39 is 5.60 Å². The van der Waals surface area contributed by atoms with Crippen molar-refractivity contribution in [2.75, 3.05) is 19.7 Å². The van der Waals surface area contributed by atoms with Gasteiger partial charge in [-0.3, -0.25) is 0 Å². The van der Waals surface area contributed by atoms with E-state index >= 15 is 0 Å². The van der Waals surface area contributed by atoms with Gasteiger partial charge in [0.25, 0.3) is 0 Å². The maximum Gasteiger partial charge on any atom is 0.410 e. The number of nitrogens with zero attached hydrogens (tertiary/aromatic N) is 4. The summed E-state index contributed by atoms with van der Waals surface area (Å²) in [5, 5.41) is 9.24. The van der Waals surface area contributed by atoms with Crippen LogP contribution in [0.4, 0.5) is 4.79 Å². The zero-order valence-corrected chi connectivity index (χ0v) is 19.6. The summed E-state index contributed by atoms with van der Waals surface area (Å²) in [6.07, 6.45) is 5.75. The van der Waals surface area contributed by atoms with Crippen LogP contribution in [0.1, 0.15) is 58.9 Å². The predicted octanol–water partition coefficient (Wildman–Crippen LogP) is 4.74. The molecule has 7 heteroatoms. The summed E-state index contributed by atoms with van der Waals surface area (Å²) in [6, 6.07) is 7.81. The number of benzene rings is 1. The van der Waals surface area contributed by atoms with Gasteiger partial charge in [-0.05, 0) is 63.6 Å². The standard InChI is InChI=1S/C25H34N4O3/c1-18(2)31-16-24(3,4)14-29-15-25(32-23(29)30)9-5-6-20(11-25)13-28-17-27-21-8-7-19(12-26)10-22(21)28/h7-8,10,17-18,20H,5-6,9,11,13-16H2,1-4H3/t20-,25-/m0/s1. The summed E-state index contributed by atoms with van der Waals surface area (Å²) in [5.74, 6) is 0.400. The minimum atomic E-state index is -0.400. The Morgan fingerprint density at radius 2 is 2.22 bits per heavy atom. The van der Waals surface area contributed by atoms with E-state index in [9.17, 15) is 10.1 Å². The number of nitriles is 1. The first-order valence-corrected chi connectivity index (χ1v) is 11.6. The molecule has 1 aromatic carbocycles. The molecule has 2 aromatic rings. The predicted molar refractivity (Wildman–Crippen MR) is 122 cm³/mol. The molecule has 4 rings (SSSR count). The highest BCUT2D eigenvalue weighted by atomic mass is 16.6. The van der Waals surface area contributed by atoms with Crippen LogP contribution in [-0.2, 0) is 16.0 Å². The van der Waals surface area contributed by atoms with Gasteiger partial charge in [0, 0.05) is 18.5 Å². The highest BCUT2D eigenvalue weighted by Crippen LogP contribution is 2.41. The van der Waals surface area contributed by atoms with Crippen molar-refractivity contribution < 1.29 is 14.3 Å². The van der Waals surface area contributed by atoms with Crippen molar-refractivity contribution in [2.24, 2.45) is 11.3 Å². The Kier molecular flexibility index (Phi) is 6.17. The second-order valence-corrected chi connectivity index (χ2v) is 10.6. The number of hydrogen-bond donors (Lipinski definition) is 0. The second-order valence-electron chi connectivity index (χ2n) is 10.6. The summed E-state index contributed by atoms with van der Waals surface area (Å²) in [4.78, 5) is 19.1. The van der Waals surface area contributed by atoms with E-state index in [2.05, 4.69) is 29.5 Å². The third kappa shape index (κ3) is 4.91. The Morgan fingerprint density at radius 3 is 2.97 bits per heavy atom. The van der Waals surface area contributed by atoms with Crippen LogP contribution in [0.15, 0.2) is 24.5 Å². The third-order valence-corrected chi connectivity index (χ3v) is 6.58. The molecule has 1 aromatic heterocycles. The molecular weight excluding hydrogens is 404 g/mol. The van der Waals surface area contributed by atoms with Gasteiger partial charge in [-0.25, -0.2) is 9.78 Å². The van der Waals surface area contributed by atoms with Crippen LogP contribution in [0, 0.1) is 22.7 Å². The van der Waals surface area contributed by atoms with E-state index in [0.29, 0.717) is 31.2 Å². The number of rotatable bonds is 7. The minimum absolute atomic E-state index is 0.128. The lowest BCUT2D eigenvalue weighted by Crippen LogP contribution is -2.43. The molecule has 7 nitrogen and oxygen atoms in total. The van der Waals surface area contributed by atoms with Crippen molar-refractivity contribution >= 4 is 17.1 Å². The van der Waals surface area contributed by atoms with Gasteiger partial charge < -0.3 is 18.9 Å². The maximum absolute atomic E-state index is 12.7. The lowest BCUT2D eigenvalue weighted by atomic mass is 9.77. The van der Waals surface area contributed by atoms with E-state index in [1.807, 2.05) is 37.2 Å². The molecule has 2 aliphatic rings. The summed E-state index contributed by atoms with van der Waals surface area (Å²) >= 11 is 0. The highest BCUT2D eigenvalue weighted by molar-refractivity contribution is 5.77. The van der Waals surface area contributed by atoms with Crippen LogP contribution in [0.5, 0.6) is 0 Å². The topological polar surface area (TPSA) is 80.4 Å². The SMILES string of the molecule is CC(C)OCC(C)(C)CN1C[C@@]2(CCC[C@H](Cn3cnc4ccc(C#N)cc43)C2)OC1=O. The summed E-state index contributed by atoms with van der Waals surface area (Å²) < 4.78 is 14.0. The molecule has 1 aliphatic heterocycles. The average Bonchev–Trinajstić information content (AvgIpc) is 3.26. The van der Waals surface area contributed by atoms with Gasteiger partial charge in [-0.1, -0.05) is 13.8 Å². The minimum Gasteiger partial charge on any atom is -0.441 e. The average molecular weight is 439 g/mol. The van der Waals surface area contributed by atoms with Gasteiger partial charge in [0.1, 0.15) is 5.60 Å². The Hall–Kier alpha value is -2.59. The van der Waals surface area contributed by atoms with E-state index in [4.69, 9.17) is 9.47 Å². The molecule has 1 aliphatic carbocycles. The summed E-state index contributed by atoms with van der Waals surface area (Å²) in [7, 11) is 0. The van der Waals surface area contributed by atoms with Crippen LogP contribution in [0.2, 0.25) is 0 Å². The van der Waals surface area contributed by atoms with Gasteiger partial charge in [0.05, 0.1) is 48.2 Å². The number of fused-ring (bicyclic) bond motifs is 1. The van der Waals surface area contributed by atoms with Crippen molar-refractivity contribution in [1.82, 2.24) is 14.5 Å². The monoisotopic (exact) mass is 438 g/mol. The van der Waals surface area contributed by atoms with Crippen LogP contribution in [0.3, 0.4) is 0 Å². The van der Waals surface area contributed by atoms with E-state index in [1.165, 1.54) is 0 Å². The molecule has 1 amide bonds. The molecule has 0 radical (unpaired) electrons. The molecule has 1 saturated carbocycles. The quantitative estimate of drug-likeness (QED) is 0.624. The number of aromatic nitrogens is 2. The van der Waals surface area contributed by atoms with E-state index in [0.717, 1.165) is 43.3 Å². The normalized spacial score (nSPS) is 23.8. The number of carbonyl (C=O) groups excluding carboxylic acids is 1. The van der Waals surface area contributed by atoms with E-state index in [1.54, 1.807) is 6.07 Å². The first kappa shape index (κ1) is 22.6. The first-order chi connectivity index (χ1) is 15.2. The fraction of sp³-hybridized carbons (Fsp3) is 0.640. The van der Waals surface area contributed by atoms with Gasteiger partial charge in [0.15, 0.2) is 0 Å². The molecule has 1 spiro atoms. The highest BCUT2D eigenvalue weighted by Gasteiger charge is 2.48. The lowest BCUT2D eigenvalue weighted by molar-refractivity contribution is 0.00325. The fourth-order valence-corrected chi connectivity index (χ4v) is 5.15. The molecule has 2 heterocycles. The molecule has 0 bridgehead atoms. The van der Waals surface area contributed by atoms with Crippen molar-refractivity contribution in [3.8, 4) is 6.07 Å². The maximum atomic E-state index is 12.7.